The van der Waals surface area contributed by atoms with E-state index in [0.717, 1.165) is 25.1 Å². The first-order valence-corrected chi connectivity index (χ1v) is 10.1. The van der Waals surface area contributed by atoms with Gasteiger partial charge in [-0.15, -0.1) is 0 Å². The molecule has 2 heterocycles. The molecule has 2 aromatic heterocycles. The Morgan fingerprint density at radius 1 is 1.21 bits per heavy atom. The molecule has 0 amide bonds. The highest BCUT2D eigenvalue weighted by molar-refractivity contribution is 5.87. The van der Waals surface area contributed by atoms with Gasteiger partial charge in [0.15, 0.2) is 11.2 Å². The summed E-state index contributed by atoms with van der Waals surface area (Å²) in [5, 5.41) is 9.03. The van der Waals surface area contributed by atoms with Crippen molar-refractivity contribution in [2.24, 2.45) is 0 Å². The summed E-state index contributed by atoms with van der Waals surface area (Å²) < 4.78 is 7.34. The summed E-state index contributed by atoms with van der Waals surface area (Å²) in [6.07, 6.45) is 6.48. The molecule has 1 fully saturated rings. The number of nitrogens with one attached hydrogen (secondary N) is 1. The lowest BCUT2D eigenvalue weighted by molar-refractivity contribution is 0.0697. The fourth-order valence-corrected chi connectivity index (χ4v) is 3.82. The van der Waals surface area contributed by atoms with E-state index in [1.165, 1.54) is 36.0 Å². The molecule has 0 spiro atoms. The van der Waals surface area contributed by atoms with Gasteiger partial charge in [0.2, 0.25) is 0 Å². The number of nitrogens with zero attached hydrogens (tertiary/aromatic N) is 3. The monoisotopic (exact) mass is 396 g/mol. The molecule has 1 aliphatic rings. The minimum absolute atomic E-state index is 0.161. The molecule has 2 N–H and O–H groups in total. The number of carbonyl (C=O) groups is 1. The van der Waals surface area contributed by atoms with Crippen LogP contribution in [0.15, 0.2) is 29.1 Å². The molecule has 0 saturated heterocycles. The van der Waals surface area contributed by atoms with Crippen molar-refractivity contribution in [1.82, 2.24) is 19.5 Å². The molecule has 1 aliphatic carbocycles. The van der Waals surface area contributed by atoms with Crippen LogP contribution in [0.2, 0.25) is 0 Å². The van der Waals surface area contributed by atoms with E-state index in [0.29, 0.717) is 29.4 Å². The number of aromatic nitrogens is 4. The number of carboxylic acids is 1. The van der Waals surface area contributed by atoms with Gasteiger partial charge in [-0.1, -0.05) is 26.2 Å². The Bertz CT molecular complexity index is 1080. The first kappa shape index (κ1) is 19.2. The van der Waals surface area contributed by atoms with E-state index in [2.05, 4.69) is 15.0 Å². The van der Waals surface area contributed by atoms with Crippen LogP contribution in [0.5, 0.6) is 11.8 Å². The third kappa shape index (κ3) is 3.87. The van der Waals surface area contributed by atoms with E-state index in [4.69, 9.17) is 9.84 Å². The molecule has 4 rings (SSSR count). The number of H-pyrrole nitrogens is 1. The molecule has 152 valence electrons. The molecule has 1 saturated carbocycles. The van der Waals surface area contributed by atoms with Crippen LogP contribution in [0, 0.1) is 0 Å². The SMILES string of the molecule is CCCn1c(Oc2ccc(C(=O)O)cc2)nc2nc(C3CCCCC3)[nH]c2c1=O. The maximum Gasteiger partial charge on any atom is 0.335 e. The predicted molar refractivity (Wildman–Crippen MR) is 108 cm³/mol. The number of fused-ring (bicyclic) bond motifs is 1. The van der Waals surface area contributed by atoms with E-state index in [-0.39, 0.29) is 17.1 Å². The van der Waals surface area contributed by atoms with Gasteiger partial charge in [-0.05, 0) is 43.5 Å². The molecular weight excluding hydrogens is 372 g/mol. The lowest BCUT2D eigenvalue weighted by Crippen LogP contribution is -2.23. The number of imidazole rings is 1. The van der Waals surface area contributed by atoms with Crippen molar-refractivity contribution < 1.29 is 14.6 Å². The Kier molecular flexibility index (Phi) is 5.33. The molecule has 29 heavy (non-hydrogen) atoms. The van der Waals surface area contributed by atoms with Gasteiger partial charge in [0.25, 0.3) is 5.56 Å². The summed E-state index contributed by atoms with van der Waals surface area (Å²) in [7, 11) is 0. The molecule has 3 aromatic rings. The fourth-order valence-electron chi connectivity index (χ4n) is 3.82. The molecule has 8 heteroatoms. The lowest BCUT2D eigenvalue weighted by atomic mass is 9.89. The van der Waals surface area contributed by atoms with Crippen molar-refractivity contribution in [3.8, 4) is 11.8 Å². The van der Waals surface area contributed by atoms with Gasteiger partial charge in [-0.2, -0.15) is 4.98 Å². The standard InChI is InChI=1S/C21H24N4O4/c1-2-12-25-19(26)16-18(23-17(22-16)13-6-4-3-5-7-13)24-21(25)29-15-10-8-14(9-11-15)20(27)28/h8-11,13H,2-7,12H2,1H3,(H,22,23)(H,27,28). The van der Waals surface area contributed by atoms with Gasteiger partial charge in [0.05, 0.1) is 5.56 Å². The summed E-state index contributed by atoms with van der Waals surface area (Å²) in [6, 6.07) is 6.17. The number of ether oxygens (including phenoxy) is 1. The molecule has 0 radical (unpaired) electrons. The molecule has 0 atom stereocenters. The number of hydrogen-bond donors (Lipinski definition) is 2. The zero-order valence-corrected chi connectivity index (χ0v) is 16.4. The first-order valence-electron chi connectivity index (χ1n) is 10.1. The van der Waals surface area contributed by atoms with Crippen molar-refractivity contribution in [3.63, 3.8) is 0 Å². The van der Waals surface area contributed by atoms with E-state index in [1.807, 2.05) is 6.92 Å². The highest BCUT2D eigenvalue weighted by Gasteiger charge is 2.22. The summed E-state index contributed by atoms with van der Waals surface area (Å²) in [5.41, 5.74) is 0.729. The van der Waals surface area contributed by atoms with Crippen LogP contribution >= 0.6 is 0 Å². The van der Waals surface area contributed by atoms with Gasteiger partial charge in [0.1, 0.15) is 11.6 Å². The van der Waals surface area contributed by atoms with Crippen LogP contribution in [0.25, 0.3) is 11.2 Å². The van der Waals surface area contributed by atoms with Crippen molar-refractivity contribution in [2.45, 2.75) is 57.9 Å². The highest BCUT2D eigenvalue weighted by atomic mass is 16.5. The second-order valence-corrected chi connectivity index (χ2v) is 7.44. The highest BCUT2D eigenvalue weighted by Crippen LogP contribution is 2.31. The van der Waals surface area contributed by atoms with Gasteiger partial charge in [-0.25, -0.2) is 9.78 Å². The Morgan fingerprint density at radius 2 is 1.93 bits per heavy atom. The normalized spacial score (nSPS) is 14.9. The third-order valence-electron chi connectivity index (χ3n) is 5.34. The second kappa shape index (κ2) is 8.06. The largest absolute Gasteiger partial charge is 0.478 e. The van der Waals surface area contributed by atoms with Crippen LogP contribution < -0.4 is 10.3 Å². The molecule has 1 aromatic carbocycles. The van der Waals surface area contributed by atoms with E-state index >= 15 is 0 Å². The van der Waals surface area contributed by atoms with E-state index in [9.17, 15) is 9.59 Å². The van der Waals surface area contributed by atoms with Gasteiger partial charge in [-0.3, -0.25) is 9.36 Å². The predicted octanol–water partition coefficient (Wildman–Crippen LogP) is 4.07. The molecule has 0 bridgehead atoms. The second-order valence-electron chi connectivity index (χ2n) is 7.44. The average Bonchev–Trinajstić information content (AvgIpc) is 3.16. The maximum absolute atomic E-state index is 13.1. The van der Waals surface area contributed by atoms with Crippen molar-refractivity contribution in [3.05, 3.63) is 46.0 Å². The number of aromatic carboxylic acids is 1. The van der Waals surface area contributed by atoms with Crippen molar-refractivity contribution in [2.75, 3.05) is 0 Å². The van der Waals surface area contributed by atoms with Gasteiger partial charge in [0, 0.05) is 12.5 Å². The smallest absolute Gasteiger partial charge is 0.335 e. The third-order valence-corrected chi connectivity index (χ3v) is 5.34. The minimum atomic E-state index is -1.01. The molecule has 0 aliphatic heterocycles. The van der Waals surface area contributed by atoms with Crippen LogP contribution in [0.4, 0.5) is 0 Å². The quantitative estimate of drug-likeness (QED) is 0.650. The number of carboxylic acid groups (broad SMARTS) is 1. The minimum Gasteiger partial charge on any atom is -0.478 e. The van der Waals surface area contributed by atoms with Crippen LogP contribution in [-0.2, 0) is 6.54 Å². The van der Waals surface area contributed by atoms with Crippen LogP contribution in [-0.4, -0.2) is 30.6 Å². The van der Waals surface area contributed by atoms with Crippen LogP contribution in [0.1, 0.15) is 67.5 Å². The van der Waals surface area contributed by atoms with E-state index < -0.39 is 5.97 Å². The topological polar surface area (TPSA) is 110 Å². The van der Waals surface area contributed by atoms with Crippen LogP contribution in [0.3, 0.4) is 0 Å². The maximum atomic E-state index is 13.1. The summed E-state index contributed by atoms with van der Waals surface area (Å²) in [5.74, 6) is 0.570. The van der Waals surface area contributed by atoms with Crippen molar-refractivity contribution in [1.29, 1.82) is 0 Å². The number of hydrogen-bond acceptors (Lipinski definition) is 5. The summed E-state index contributed by atoms with van der Waals surface area (Å²) in [6.45, 7) is 2.44. The zero-order valence-electron chi connectivity index (χ0n) is 16.4. The number of aromatic amines is 1. The fraction of sp³-hybridized carbons (Fsp3) is 0.429. The Labute approximate surface area is 167 Å². The first-order chi connectivity index (χ1) is 14.1. The summed E-state index contributed by atoms with van der Waals surface area (Å²) >= 11 is 0. The molecule has 8 nitrogen and oxygen atoms in total. The Balaban J connectivity index is 1.72. The van der Waals surface area contributed by atoms with Crippen molar-refractivity contribution >= 4 is 17.1 Å². The van der Waals surface area contributed by atoms with Gasteiger partial charge >= 0.3 is 12.0 Å². The summed E-state index contributed by atoms with van der Waals surface area (Å²) in [4.78, 5) is 36.4. The van der Waals surface area contributed by atoms with E-state index in [1.54, 1.807) is 12.1 Å². The Morgan fingerprint density at radius 3 is 2.59 bits per heavy atom. The number of rotatable bonds is 6. The molecule has 0 unspecified atom stereocenters. The molecular formula is C21H24N4O4. The Hall–Kier alpha value is -3.16. The van der Waals surface area contributed by atoms with Gasteiger partial charge < -0.3 is 14.8 Å². The zero-order chi connectivity index (χ0) is 20.4. The number of benzene rings is 1. The lowest BCUT2D eigenvalue weighted by Gasteiger charge is -2.18. The average molecular weight is 396 g/mol.